The average Bonchev–Trinajstić information content (AvgIpc) is 2.38. The maximum atomic E-state index is 14.0. The molecule has 1 rings (SSSR count). The third kappa shape index (κ3) is 5.19. The molecule has 0 saturated heterocycles. The molecule has 4 heteroatoms. The summed E-state index contributed by atoms with van der Waals surface area (Å²) in [4.78, 5) is 4.47. The van der Waals surface area contributed by atoms with Crippen LogP contribution in [0.25, 0.3) is 0 Å². The van der Waals surface area contributed by atoms with Gasteiger partial charge in [-0.05, 0) is 46.2 Å². The zero-order valence-electron chi connectivity index (χ0n) is 13.4. The van der Waals surface area contributed by atoms with Gasteiger partial charge < -0.3 is 10.2 Å². The van der Waals surface area contributed by atoms with E-state index in [-0.39, 0.29) is 5.82 Å². The van der Waals surface area contributed by atoms with Crippen LogP contribution in [-0.2, 0) is 13.1 Å². The Kier molecular flexibility index (Phi) is 7.13. The van der Waals surface area contributed by atoms with Crippen molar-refractivity contribution >= 4 is 0 Å². The molecule has 0 amide bonds. The highest BCUT2D eigenvalue weighted by atomic mass is 19.1. The highest BCUT2D eigenvalue weighted by Crippen LogP contribution is 2.15. The predicted octanol–water partition coefficient (Wildman–Crippen LogP) is 2.32. The molecule has 0 spiro atoms. The summed E-state index contributed by atoms with van der Waals surface area (Å²) < 4.78 is 14.0. The van der Waals surface area contributed by atoms with Crippen molar-refractivity contribution in [1.82, 2.24) is 15.1 Å². The van der Waals surface area contributed by atoms with E-state index in [0.717, 1.165) is 30.8 Å². The third-order valence-corrected chi connectivity index (χ3v) is 3.52. The van der Waals surface area contributed by atoms with Crippen LogP contribution >= 0.6 is 0 Å². The maximum absolute atomic E-state index is 14.0. The number of nitrogens with one attached hydrogen (secondary N) is 1. The molecule has 0 heterocycles. The molecule has 1 aromatic carbocycles. The molecular weight excluding hydrogens is 253 g/mol. The van der Waals surface area contributed by atoms with Crippen molar-refractivity contribution in [3.63, 3.8) is 0 Å². The summed E-state index contributed by atoms with van der Waals surface area (Å²) in [5.41, 5.74) is 1.91. The molecule has 0 aliphatic carbocycles. The summed E-state index contributed by atoms with van der Waals surface area (Å²) in [5.74, 6) is -0.111. The highest BCUT2D eigenvalue weighted by Gasteiger charge is 2.15. The molecule has 0 aliphatic rings. The first-order valence-electron chi connectivity index (χ1n) is 7.28. The number of likely N-dealkylation sites (N-methyl/N-ethyl adjacent to an activating group) is 2. The number of rotatable bonds is 8. The summed E-state index contributed by atoms with van der Waals surface area (Å²) in [6.07, 6.45) is 0. The number of hydrogen-bond donors (Lipinski definition) is 1. The smallest absolute Gasteiger partial charge is 0.127 e. The van der Waals surface area contributed by atoms with Gasteiger partial charge >= 0.3 is 0 Å². The third-order valence-electron chi connectivity index (χ3n) is 3.52. The minimum absolute atomic E-state index is 0.111. The minimum Gasteiger partial charge on any atom is -0.316 e. The van der Waals surface area contributed by atoms with Gasteiger partial charge in [-0.25, -0.2) is 4.39 Å². The molecule has 3 nitrogen and oxygen atoms in total. The van der Waals surface area contributed by atoms with Crippen LogP contribution in [0.4, 0.5) is 4.39 Å². The fraction of sp³-hybridized carbons (Fsp3) is 0.625. The van der Waals surface area contributed by atoms with Crippen molar-refractivity contribution in [2.24, 2.45) is 0 Å². The zero-order chi connectivity index (χ0) is 15.1. The van der Waals surface area contributed by atoms with Crippen LogP contribution in [-0.4, -0.2) is 50.1 Å². The summed E-state index contributed by atoms with van der Waals surface area (Å²) in [7, 11) is 6.04. The number of benzene rings is 1. The molecule has 0 radical (unpaired) electrons. The first-order valence-corrected chi connectivity index (χ1v) is 7.28. The summed E-state index contributed by atoms with van der Waals surface area (Å²) in [6.45, 7) is 7.65. The van der Waals surface area contributed by atoms with Crippen LogP contribution in [0.1, 0.15) is 25.0 Å². The molecule has 0 fully saturated rings. The maximum Gasteiger partial charge on any atom is 0.127 e. The van der Waals surface area contributed by atoms with Crippen molar-refractivity contribution in [2.75, 3.05) is 34.2 Å². The second-order valence-electron chi connectivity index (χ2n) is 5.63. The van der Waals surface area contributed by atoms with E-state index in [1.807, 2.05) is 19.2 Å². The summed E-state index contributed by atoms with van der Waals surface area (Å²) in [5, 5.41) is 3.10. The van der Waals surface area contributed by atoms with Crippen LogP contribution in [0.15, 0.2) is 18.2 Å². The molecule has 0 bridgehead atoms. The Morgan fingerprint density at radius 2 is 2.00 bits per heavy atom. The average molecular weight is 281 g/mol. The van der Waals surface area contributed by atoms with Crippen LogP contribution in [0.3, 0.4) is 0 Å². The van der Waals surface area contributed by atoms with Gasteiger partial charge in [0.25, 0.3) is 0 Å². The van der Waals surface area contributed by atoms with Gasteiger partial charge in [-0.15, -0.1) is 0 Å². The number of halogens is 1. The van der Waals surface area contributed by atoms with E-state index in [0.29, 0.717) is 12.6 Å². The monoisotopic (exact) mass is 281 g/mol. The van der Waals surface area contributed by atoms with Gasteiger partial charge in [0.2, 0.25) is 0 Å². The normalized spacial score (nSPS) is 13.2. The Bertz CT molecular complexity index is 407. The van der Waals surface area contributed by atoms with Gasteiger partial charge in [-0.1, -0.05) is 19.1 Å². The van der Waals surface area contributed by atoms with Crippen molar-refractivity contribution in [3.05, 3.63) is 35.1 Å². The topological polar surface area (TPSA) is 18.5 Å². The molecule has 0 saturated carbocycles. The van der Waals surface area contributed by atoms with Crippen molar-refractivity contribution in [3.8, 4) is 0 Å². The quantitative estimate of drug-likeness (QED) is 0.789. The van der Waals surface area contributed by atoms with Crippen LogP contribution in [0.2, 0.25) is 0 Å². The van der Waals surface area contributed by atoms with Gasteiger partial charge in [0.1, 0.15) is 5.82 Å². The second kappa shape index (κ2) is 8.35. The highest BCUT2D eigenvalue weighted by molar-refractivity contribution is 5.25. The SMILES string of the molecule is CCN(Cc1cc(CNC)ccc1F)C(C)CN(C)C. The fourth-order valence-corrected chi connectivity index (χ4v) is 2.51. The molecular formula is C16H28FN3. The van der Waals surface area contributed by atoms with Crippen LogP contribution in [0.5, 0.6) is 0 Å². The molecule has 114 valence electrons. The number of hydrogen-bond acceptors (Lipinski definition) is 3. The Labute approximate surface area is 122 Å². The lowest BCUT2D eigenvalue weighted by molar-refractivity contribution is 0.172. The van der Waals surface area contributed by atoms with Gasteiger partial charge in [-0.3, -0.25) is 4.90 Å². The first-order chi connectivity index (χ1) is 9.47. The van der Waals surface area contributed by atoms with Crippen LogP contribution < -0.4 is 5.32 Å². The Hall–Kier alpha value is -0.970. The van der Waals surface area contributed by atoms with Gasteiger partial charge in [0, 0.05) is 31.2 Å². The Morgan fingerprint density at radius 3 is 2.55 bits per heavy atom. The minimum atomic E-state index is -0.111. The summed E-state index contributed by atoms with van der Waals surface area (Å²) in [6, 6.07) is 5.79. The fourth-order valence-electron chi connectivity index (χ4n) is 2.51. The lowest BCUT2D eigenvalue weighted by Gasteiger charge is -2.30. The van der Waals surface area contributed by atoms with E-state index in [9.17, 15) is 4.39 Å². The van der Waals surface area contributed by atoms with E-state index < -0.39 is 0 Å². The zero-order valence-corrected chi connectivity index (χ0v) is 13.4. The molecule has 0 aliphatic heterocycles. The van der Waals surface area contributed by atoms with Gasteiger partial charge in [-0.2, -0.15) is 0 Å². The lowest BCUT2D eigenvalue weighted by atomic mass is 10.1. The first kappa shape index (κ1) is 17.1. The van der Waals surface area contributed by atoms with Gasteiger partial charge in [0.05, 0.1) is 0 Å². The van der Waals surface area contributed by atoms with E-state index in [2.05, 4.69) is 43.1 Å². The molecule has 20 heavy (non-hydrogen) atoms. The Balaban J connectivity index is 2.80. The molecule has 0 aromatic heterocycles. The lowest BCUT2D eigenvalue weighted by Crippen LogP contribution is -2.39. The van der Waals surface area contributed by atoms with Crippen molar-refractivity contribution < 1.29 is 4.39 Å². The van der Waals surface area contributed by atoms with E-state index >= 15 is 0 Å². The molecule has 1 unspecified atom stereocenters. The van der Waals surface area contributed by atoms with Gasteiger partial charge in [0.15, 0.2) is 0 Å². The standard InChI is InChI=1S/C16H28FN3/c1-6-20(13(2)11-19(4)5)12-15-9-14(10-18-3)7-8-16(15)17/h7-9,13,18H,6,10-12H2,1-5H3. The largest absolute Gasteiger partial charge is 0.316 e. The van der Waals surface area contributed by atoms with E-state index in [4.69, 9.17) is 0 Å². The molecule has 1 aromatic rings. The van der Waals surface area contributed by atoms with E-state index in [1.165, 1.54) is 0 Å². The second-order valence-corrected chi connectivity index (χ2v) is 5.63. The summed E-state index contributed by atoms with van der Waals surface area (Å²) >= 11 is 0. The Morgan fingerprint density at radius 1 is 1.30 bits per heavy atom. The molecule has 1 atom stereocenters. The van der Waals surface area contributed by atoms with Crippen LogP contribution in [0, 0.1) is 5.82 Å². The van der Waals surface area contributed by atoms with Crippen molar-refractivity contribution in [2.45, 2.75) is 33.0 Å². The molecule has 1 N–H and O–H groups in total. The van der Waals surface area contributed by atoms with Crippen molar-refractivity contribution in [1.29, 1.82) is 0 Å². The predicted molar refractivity (Wildman–Crippen MR) is 83.3 cm³/mol. The number of nitrogens with zero attached hydrogens (tertiary/aromatic N) is 2. The van der Waals surface area contributed by atoms with E-state index in [1.54, 1.807) is 6.07 Å².